The van der Waals surface area contributed by atoms with Crippen molar-refractivity contribution in [2.45, 2.75) is 19.3 Å². The average molecular weight is 263 g/mol. The quantitative estimate of drug-likeness (QED) is 0.628. The number of para-hydroxylation sites is 1. The Kier molecular flexibility index (Phi) is 2.56. The van der Waals surface area contributed by atoms with Gasteiger partial charge in [0.1, 0.15) is 5.82 Å². The van der Waals surface area contributed by atoms with Crippen LogP contribution < -0.4 is 0 Å². The van der Waals surface area contributed by atoms with Crippen molar-refractivity contribution in [3.8, 4) is 11.1 Å². The summed E-state index contributed by atoms with van der Waals surface area (Å²) in [5, 5.41) is 1.17. The zero-order chi connectivity index (χ0) is 13.5. The van der Waals surface area contributed by atoms with Gasteiger partial charge in [0.15, 0.2) is 0 Å². The van der Waals surface area contributed by atoms with Gasteiger partial charge < -0.3 is 0 Å². The summed E-state index contributed by atoms with van der Waals surface area (Å²) < 4.78 is 13.2. The Morgan fingerprint density at radius 2 is 1.70 bits per heavy atom. The summed E-state index contributed by atoms with van der Waals surface area (Å²) in [7, 11) is 0. The van der Waals surface area contributed by atoms with E-state index >= 15 is 0 Å². The molecule has 0 radical (unpaired) electrons. The third-order valence-electron chi connectivity index (χ3n) is 4.05. The van der Waals surface area contributed by atoms with E-state index in [1.54, 1.807) is 0 Å². The first kappa shape index (κ1) is 11.6. The van der Waals surface area contributed by atoms with E-state index in [2.05, 4.69) is 12.1 Å². The maximum Gasteiger partial charge on any atom is 0.123 e. The molecule has 0 N–H and O–H groups in total. The number of pyridine rings is 1. The first-order valence-electron chi connectivity index (χ1n) is 6.99. The van der Waals surface area contributed by atoms with Crippen LogP contribution in [-0.2, 0) is 12.8 Å². The van der Waals surface area contributed by atoms with Gasteiger partial charge in [0.25, 0.3) is 0 Å². The van der Waals surface area contributed by atoms with Crippen molar-refractivity contribution in [1.82, 2.24) is 4.98 Å². The first-order valence-corrected chi connectivity index (χ1v) is 6.99. The summed E-state index contributed by atoms with van der Waals surface area (Å²) >= 11 is 0. The van der Waals surface area contributed by atoms with Gasteiger partial charge in [0.2, 0.25) is 0 Å². The van der Waals surface area contributed by atoms with Crippen molar-refractivity contribution in [3.63, 3.8) is 0 Å². The third kappa shape index (κ3) is 1.72. The van der Waals surface area contributed by atoms with Gasteiger partial charge in [-0.2, -0.15) is 0 Å². The van der Waals surface area contributed by atoms with E-state index in [4.69, 9.17) is 4.98 Å². The van der Waals surface area contributed by atoms with Crippen molar-refractivity contribution < 1.29 is 4.39 Å². The number of halogens is 1. The van der Waals surface area contributed by atoms with Gasteiger partial charge >= 0.3 is 0 Å². The highest BCUT2D eigenvalue weighted by Gasteiger charge is 2.20. The average Bonchev–Trinajstić information content (AvgIpc) is 2.93. The van der Waals surface area contributed by atoms with Crippen LogP contribution in [0.15, 0.2) is 48.5 Å². The van der Waals surface area contributed by atoms with Gasteiger partial charge in [-0.3, -0.25) is 4.98 Å². The van der Waals surface area contributed by atoms with Gasteiger partial charge in [0, 0.05) is 11.1 Å². The molecule has 0 atom stereocenters. The van der Waals surface area contributed by atoms with Crippen molar-refractivity contribution in [1.29, 1.82) is 0 Å². The summed E-state index contributed by atoms with van der Waals surface area (Å²) in [5.41, 5.74) is 5.91. The van der Waals surface area contributed by atoms with Crippen LogP contribution in [0, 0.1) is 5.82 Å². The minimum atomic E-state index is -0.191. The van der Waals surface area contributed by atoms with Crippen LogP contribution in [0.25, 0.3) is 22.0 Å². The van der Waals surface area contributed by atoms with Gasteiger partial charge in [-0.15, -0.1) is 0 Å². The molecule has 0 unspecified atom stereocenters. The van der Waals surface area contributed by atoms with Crippen molar-refractivity contribution in [2.75, 3.05) is 0 Å². The standard InChI is InChI=1S/C18H14FN/c19-13-10-8-12(9-11-13)18-14-4-1-2-6-16(14)20-17-7-3-5-15(17)18/h1-2,4,6,8-11H,3,5,7H2. The van der Waals surface area contributed by atoms with Crippen molar-refractivity contribution >= 4 is 10.9 Å². The molecule has 0 fully saturated rings. The topological polar surface area (TPSA) is 12.9 Å². The monoisotopic (exact) mass is 263 g/mol. The lowest BCUT2D eigenvalue weighted by Gasteiger charge is -2.12. The zero-order valence-corrected chi connectivity index (χ0v) is 11.1. The number of aromatic nitrogens is 1. The van der Waals surface area contributed by atoms with Gasteiger partial charge in [-0.1, -0.05) is 30.3 Å². The van der Waals surface area contributed by atoms with E-state index in [1.165, 1.54) is 34.3 Å². The minimum absolute atomic E-state index is 0.191. The van der Waals surface area contributed by atoms with Crippen LogP contribution in [-0.4, -0.2) is 4.98 Å². The van der Waals surface area contributed by atoms with Crippen LogP contribution in [0.3, 0.4) is 0 Å². The zero-order valence-electron chi connectivity index (χ0n) is 11.1. The molecule has 0 amide bonds. The second kappa shape index (κ2) is 4.41. The molecule has 1 aliphatic carbocycles. The fraction of sp³-hybridized carbons (Fsp3) is 0.167. The molecular weight excluding hydrogens is 249 g/mol. The maximum absolute atomic E-state index is 13.2. The highest BCUT2D eigenvalue weighted by atomic mass is 19.1. The molecule has 20 heavy (non-hydrogen) atoms. The number of benzene rings is 2. The molecule has 1 aromatic heterocycles. The van der Waals surface area contributed by atoms with Gasteiger partial charge in [-0.05, 0) is 54.2 Å². The first-order chi connectivity index (χ1) is 9.83. The van der Waals surface area contributed by atoms with Gasteiger partial charge in [-0.25, -0.2) is 4.39 Å². The highest BCUT2D eigenvalue weighted by Crippen LogP contribution is 2.37. The Labute approximate surface area is 117 Å². The Bertz CT molecular complexity index is 790. The van der Waals surface area contributed by atoms with Gasteiger partial charge in [0.05, 0.1) is 5.52 Å². The van der Waals surface area contributed by atoms with E-state index in [0.29, 0.717) is 0 Å². The van der Waals surface area contributed by atoms with Crippen LogP contribution >= 0.6 is 0 Å². The Hall–Kier alpha value is -2.22. The molecule has 0 aliphatic heterocycles. The minimum Gasteiger partial charge on any atom is -0.253 e. The molecule has 0 saturated carbocycles. The number of fused-ring (bicyclic) bond motifs is 2. The third-order valence-corrected chi connectivity index (χ3v) is 4.05. The SMILES string of the molecule is Fc1ccc(-c2c3c(nc4ccccc24)CCC3)cc1. The fourth-order valence-corrected chi connectivity index (χ4v) is 3.16. The van der Waals surface area contributed by atoms with E-state index < -0.39 is 0 Å². The van der Waals surface area contributed by atoms with Crippen molar-refractivity contribution in [3.05, 3.63) is 65.6 Å². The van der Waals surface area contributed by atoms with Crippen LogP contribution in [0.1, 0.15) is 17.7 Å². The molecule has 1 heterocycles. The summed E-state index contributed by atoms with van der Waals surface area (Å²) in [5.74, 6) is -0.191. The summed E-state index contributed by atoms with van der Waals surface area (Å²) in [6.07, 6.45) is 3.28. The predicted molar refractivity (Wildman–Crippen MR) is 79.2 cm³/mol. The smallest absolute Gasteiger partial charge is 0.123 e. The normalized spacial score (nSPS) is 13.7. The lowest BCUT2D eigenvalue weighted by molar-refractivity contribution is 0.628. The molecule has 1 nitrogen and oxygen atoms in total. The Morgan fingerprint density at radius 1 is 0.900 bits per heavy atom. The molecule has 0 bridgehead atoms. The largest absolute Gasteiger partial charge is 0.253 e. The second-order valence-corrected chi connectivity index (χ2v) is 5.29. The molecule has 2 aromatic carbocycles. The molecule has 4 rings (SSSR count). The highest BCUT2D eigenvalue weighted by molar-refractivity contribution is 5.96. The summed E-state index contributed by atoms with van der Waals surface area (Å²) in [6.45, 7) is 0. The molecule has 3 aromatic rings. The molecule has 1 aliphatic rings. The lowest BCUT2D eigenvalue weighted by atomic mass is 9.95. The number of nitrogens with zero attached hydrogens (tertiary/aromatic N) is 1. The number of hydrogen-bond acceptors (Lipinski definition) is 1. The van der Waals surface area contributed by atoms with Crippen LogP contribution in [0.5, 0.6) is 0 Å². The second-order valence-electron chi connectivity index (χ2n) is 5.29. The molecule has 2 heteroatoms. The summed E-state index contributed by atoms with van der Waals surface area (Å²) in [4.78, 5) is 4.79. The Morgan fingerprint density at radius 3 is 2.55 bits per heavy atom. The number of hydrogen-bond donors (Lipinski definition) is 0. The molecular formula is C18H14FN. The number of aryl methyl sites for hydroxylation is 1. The fourth-order valence-electron chi connectivity index (χ4n) is 3.16. The molecule has 98 valence electrons. The van der Waals surface area contributed by atoms with Crippen LogP contribution in [0.4, 0.5) is 4.39 Å². The van der Waals surface area contributed by atoms with E-state index in [-0.39, 0.29) is 5.82 Å². The molecule has 0 saturated heterocycles. The summed E-state index contributed by atoms with van der Waals surface area (Å²) in [6, 6.07) is 15.0. The number of rotatable bonds is 1. The Balaban J connectivity index is 2.08. The molecule has 0 spiro atoms. The predicted octanol–water partition coefficient (Wildman–Crippen LogP) is 4.53. The van der Waals surface area contributed by atoms with E-state index in [9.17, 15) is 4.39 Å². The van der Waals surface area contributed by atoms with Crippen molar-refractivity contribution in [2.24, 2.45) is 0 Å². The van der Waals surface area contributed by atoms with E-state index in [0.717, 1.165) is 30.3 Å². The maximum atomic E-state index is 13.2. The van der Waals surface area contributed by atoms with E-state index in [1.807, 2.05) is 24.3 Å². The lowest BCUT2D eigenvalue weighted by Crippen LogP contribution is -1.95. The van der Waals surface area contributed by atoms with Crippen LogP contribution in [0.2, 0.25) is 0 Å².